The van der Waals surface area contributed by atoms with E-state index in [-0.39, 0.29) is 21.6 Å². The Labute approximate surface area is 195 Å². The third kappa shape index (κ3) is 4.30. The molecule has 0 saturated heterocycles. The predicted molar refractivity (Wildman–Crippen MR) is 124 cm³/mol. The molecule has 3 aromatic rings. The van der Waals surface area contributed by atoms with Crippen LogP contribution in [0.5, 0.6) is 0 Å². The summed E-state index contributed by atoms with van der Waals surface area (Å²) in [5, 5.41) is 2.58. The van der Waals surface area contributed by atoms with E-state index in [1.807, 2.05) is 19.9 Å². The van der Waals surface area contributed by atoms with Crippen molar-refractivity contribution in [1.82, 2.24) is 9.97 Å². The molecule has 11 heteroatoms. The molecule has 0 spiro atoms. The highest BCUT2D eigenvalue weighted by Crippen LogP contribution is 2.33. The number of halogens is 1. The first-order chi connectivity index (χ1) is 15.7. The average Bonchev–Trinajstić information content (AvgIpc) is 3.00. The number of imide groups is 1. The summed E-state index contributed by atoms with van der Waals surface area (Å²) < 4.78 is 27.3. The average molecular weight is 484 g/mol. The van der Waals surface area contributed by atoms with Crippen molar-refractivity contribution in [1.29, 1.82) is 0 Å². The van der Waals surface area contributed by atoms with E-state index >= 15 is 0 Å². The van der Waals surface area contributed by atoms with E-state index < -0.39 is 21.8 Å². The van der Waals surface area contributed by atoms with Crippen molar-refractivity contribution in [3.05, 3.63) is 82.8 Å². The highest BCUT2D eigenvalue weighted by Gasteiger charge is 2.39. The van der Waals surface area contributed by atoms with E-state index in [1.54, 1.807) is 18.2 Å². The van der Waals surface area contributed by atoms with Crippen LogP contribution in [0.2, 0.25) is 0 Å². The second-order valence-electron chi connectivity index (χ2n) is 7.18. The van der Waals surface area contributed by atoms with Crippen LogP contribution in [0.25, 0.3) is 0 Å². The fourth-order valence-electron chi connectivity index (χ4n) is 3.20. The van der Waals surface area contributed by atoms with Crippen molar-refractivity contribution >= 4 is 50.8 Å². The van der Waals surface area contributed by atoms with E-state index in [1.165, 1.54) is 36.7 Å². The first kappa shape index (κ1) is 22.4. The summed E-state index contributed by atoms with van der Waals surface area (Å²) in [6.07, 6.45) is 2.83. The number of aromatic nitrogens is 2. The SMILES string of the molecule is Cc1cccc(N2C(=O)C(Cl)=C(Nc3ccc(S(=O)(=O)Nc4ncccn4)cc3)C2=O)c1C. The third-order valence-electron chi connectivity index (χ3n) is 5.07. The van der Waals surface area contributed by atoms with Gasteiger partial charge in [0, 0.05) is 18.1 Å². The first-order valence-corrected chi connectivity index (χ1v) is 11.6. The van der Waals surface area contributed by atoms with Gasteiger partial charge in [0.05, 0.1) is 10.6 Å². The largest absolute Gasteiger partial charge is 0.350 e. The monoisotopic (exact) mass is 483 g/mol. The minimum Gasteiger partial charge on any atom is -0.350 e. The van der Waals surface area contributed by atoms with Gasteiger partial charge in [-0.2, -0.15) is 0 Å². The highest BCUT2D eigenvalue weighted by atomic mass is 35.5. The Kier molecular flexibility index (Phi) is 5.88. The number of sulfonamides is 1. The van der Waals surface area contributed by atoms with Crippen molar-refractivity contribution in [3.63, 3.8) is 0 Å². The lowest BCUT2D eigenvalue weighted by atomic mass is 10.1. The number of anilines is 3. The fraction of sp³-hybridized carbons (Fsp3) is 0.0909. The zero-order valence-electron chi connectivity index (χ0n) is 17.5. The van der Waals surface area contributed by atoms with Crippen molar-refractivity contribution < 1.29 is 18.0 Å². The number of hydrogen-bond acceptors (Lipinski definition) is 7. The van der Waals surface area contributed by atoms with Crippen LogP contribution in [0, 0.1) is 13.8 Å². The van der Waals surface area contributed by atoms with E-state index in [4.69, 9.17) is 11.6 Å². The van der Waals surface area contributed by atoms with Crippen LogP contribution in [0.15, 0.2) is 76.5 Å². The quantitative estimate of drug-likeness (QED) is 0.516. The fourth-order valence-corrected chi connectivity index (χ4v) is 4.37. The van der Waals surface area contributed by atoms with Crippen molar-refractivity contribution in [2.75, 3.05) is 14.9 Å². The maximum absolute atomic E-state index is 13.0. The van der Waals surface area contributed by atoms with E-state index in [2.05, 4.69) is 20.0 Å². The van der Waals surface area contributed by atoms with Gasteiger partial charge >= 0.3 is 0 Å². The normalized spacial score (nSPS) is 14.1. The predicted octanol–water partition coefficient (Wildman–Crippen LogP) is 3.33. The molecule has 1 aromatic heterocycles. The minimum absolute atomic E-state index is 0.0357. The van der Waals surface area contributed by atoms with Gasteiger partial charge in [0.2, 0.25) is 5.95 Å². The van der Waals surface area contributed by atoms with Crippen LogP contribution in [0.1, 0.15) is 11.1 Å². The molecular weight excluding hydrogens is 466 g/mol. The molecule has 168 valence electrons. The molecular formula is C22H18ClN5O4S. The number of aryl methyl sites for hydroxylation is 1. The summed E-state index contributed by atoms with van der Waals surface area (Å²) in [4.78, 5) is 34.4. The Balaban J connectivity index is 1.55. The molecule has 2 amide bonds. The molecule has 2 N–H and O–H groups in total. The number of carbonyl (C=O) groups is 2. The van der Waals surface area contributed by atoms with Crippen LogP contribution in [-0.2, 0) is 19.6 Å². The second-order valence-corrected chi connectivity index (χ2v) is 9.24. The lowest BCUT2D eigenvalue weighted by molar-refractivity contribution is -0.120. The van der Waals surface area contributed by atoms with Gasteiger partial charge in [-0.05, 0) is 61.4 Å². The molecule has 0 atom stereocenters. The van der Waals surface area contributed by atoms with Gasteiger partial charge in [-0.3, -0.25) is 9.59 Å². The lowest BCUT2D eigenvalue weighted by Crippen LogP contribution is -2.33. The number of benzene rings is 2. The molecule has 0 fully saturated rings. The minimum atomic E-state index is -3.91. The van der Waals surface area contributed by atoms with Gasteiger partial charge in [0.25, 0.3) is 21.8 Å². The molecule has 33 heavy (non-hydrogen) atoms. The molecule has 0 saturated carbocycles. The summed E-state index contributed by atoms with van der Waals surface area (Å²) in [5.41, 5.74) is 2.46. The summed E-state index contributed by atoms with van der Waals surface area (Å²) in [6.45, 7) is 3.70. The van der Waals surface area contributed by atoms with Crippen molar-refractivity contribution in [2.24, 2.45) is 0 Å². The molecule has 2 heterocycles. The smallest absolute Gasteiger partial charge is 0.283 e. The maximum Gasteiger partial charge on any atom is 0.283 e. The molecule has 1 aliphatic heterocycles. The van der Waals surface area contributed by atoms with E-state index in [0.717, 1.165) is 16.0 Å². The second kappa shape index (κ2) is 8.64. The standard InChI is InChI=1S/C22H18ClN5O4S/c1-13-5-3-6-17(14(13)2)28-20(29)18(23)19(21(28)30)26-15-7-9-16(10-8-15)33(31,32)27-22-24-11-4-12-25-22/h3-12,26H,1-2H3,(H,24,25,27). The van der Waals surface area contributed by atoms with Gasteiger partial charge in [-0.1, -0.05) is 23.7 Å². The first-order valence-electron chi connectivity index (χ1n) is 9.71. The number of rotatable bonds is 6. The van der Waals surface area contributed by atoms with Gasteiger partial charge in [-0.25, -0.2) is 28.0 Å². The van der Waals surface area contributed by atoms with Crippen molar-refractivity contribution in [3.8, 4) is 0 Å². The number of nitrogens with zero attached hydrogens (tertiary/aromatic N) is 3. The zero-order valence-corrected chi connectivity index (χ0v) is 19.1. The molecule has 0 bridgehead atoms. The molecule has 0 radical (unpaired) electrons. The third-order valence-corrected chi connectivity index (χ3v) is 6.76. The zero-order chi connectivity index (χ0) is 23.8. The van der Waals surface area contributed by atoms with Crippen LogP contribution in [0.4, 0.5) is 17.3 Å². The number of hydrogen-bond donors (Lipinski definition) is 2. The Morgan fingerprint density at radius 2 is 1.58 bits per heavy atom. The van der Waals surface area contributed by atoms with Crippen molar-refractivity contribution in [2.45, 2.75) is 18.7 Å². The van der Waals surface area contributed by atoms with Gasteiger partial charge in [-0.15, -0.1) is 0 Å². The number of carbonyl (C=O) groups excluding carboxylic acids is 2. The molecule has 4 rings (SSSR count). The molecule has 0 aliphatic carbocycles. The van der Waals surface area contributed by atoms with Gasteiger partial charge in [0.15, 0.2) is 0 Å². The van der Waals surface area contributed by atoms with Crippen LogP contribution in [-0.4, -0.2) is 30.2 Å². The Hall–Kier alpha value is -3.76. The number of nitrogens with one attached hydrogen (secondary N) is 2. The summed E-state index contributed by atoms with van der Waals surface area (Å²) >= 11 is 6.19. The molecule has 9 nitrogen and oxygen atoms in total. The highest BCUT2D eigenvalue weighted by molar-refractivity contribution is 7.92. The van der Waals surface area contributed by atoms with E-state index in [9.17, 15) is 18.0 Å². The van der Waals surface area contributed by atoms with Crippen LogP contribution >= 0.6 is 11.6 Å². The lowest BCUT2D eigenvalue weighted by Gasteiger charge is -2.18. The molecule has 2 aromatic carbocycles. The molecule has 0 unspecified atom stereocenters. The maximum atomic E-state index is 13.0. The van der Waals surface area contributed by atoms with Gasteiger partial charge < -0.3 is 5.32 Å². The summed E-state index contributed by atoms with van der Waals surface area (Å²) in [6, 6.07) is 12.5. The van der Waals surface area contributed by atoms with Gasteiger partial charge in [0.1, 0.15) is 10.7 Å². The van der Waals surface area contributed by atoms with Crippen LogP contribution in [0.3, 0.4) is 0 Å². The Bertz CT molecular complexity index is 1390. The summed E-state index contributed by atoms with van der Waals surface area (Å²) in [7, 11) is -3.91. The topological polar surface area (TPSA) is 121 Å². The van der Waals surface area contributed by atoms with E-state index in [0.29, 0.717) is 11.4 Å². The number of amides is 2. The Morgan fingerprint density at radius 3 is 2.24 bits per heavy atom. The van der Waals surface area contributed by atoms with Crippen LogP contribution < -0.4 is 14.9 Å². The summed E-state index contributed by atoms with van der Waals surface area (Å²) in [5.74, 6) is -1.29. The molecule has 1 aliphatic rings. The Morgan fingerprint density at radius 1 is 0.909 bits per heavy atom.